The van der Waals surface area contributed by atoms with Gasteiger partial charge in [0.2, 0.25) is 0 Å². The third kappa shape index (κ3) is 3.94. The number of nitrogens with zero attached hydrogens (tertiary/aromatic N) is 1. The van der Waals surface area contributed by atoms with Crippen LogP contribution in [0.25, 0.3) is 0 Å². The Labute approximate surface area is 124 Å². The van der Waals surface area contributed by atoms with Crippen molar-refractivity contribution in [2.24, 2.45) is 0 Å². The van der Waals surface area contributed by atoms with Crippen molar-refractivity contribution in [2.45, 2.75) is 48.6 Å². The molecule has 0 amide bonds. The van der Waals surface area contributed by atoms with Crippen LogP contribution in [-0.4, -0.2) is 36.1 Å². The second kappa shape index (κ2) is 6.89. The Bertz CT molecular complexity index is 531. The van der Waals surface area contributed by atoms with E-state index in [1.807, 2.05) is 0 Å². The molecule has 0 spiro atoms. The van der Waals surface area contributed by atoms with E-state index in [0.717, 1.165) is 25.7 Å². The number of thioether (sulfide) groups is 1. The maximum atomic E-state index is 12.3. The standard InChI is InChI=1S/C13H20N2O3S2/c1-19-12-4-2-3-11(7-12)15-20(17,18)13-6-5-10(9-16)8-14-13/h5-6,8,11-12,15-16H,2-4,7,9H2,1H3. The molecule has 1 heterocycles. The molecule has 5 nitrogen and oxygen atoms in total. The van der Waals surface area contributed by atoms with E-state index < -0.39 is 10.0 Å². The fraction of sp³-hybridized carbons (Fsp3) is 0.615. The fourth-order valence-corrected chi connectivity index (χ4v) is 4.45. The van der Waals surface area contributed by atoms with Crippen molar-refractivity contribution in [3.63, 3.8) is 0 Å². The van der Waals surface area contributed by atoms with Crippen LogP contribution >= 0.6 is 11.8 Å². The third-order valence-electron chi connectivity index (χ3n) is 3.54. The van der Waals surface area contributed by atoms with Gasteiger partial charge in [-0.25, -0.2) is 18.1 Å². The predicted molar refractivity (Wildman–Crippen MR) is 80.0 cm³/mol. The molecule has 112 valence electrons. The number of pyridine rings is 1. The first-order valence-corrected chi connectivity index (χ1v) is 9.43. The molecule has 2 rings (SSSR count). The maximum absolute atomic E-state index is 12.3. The summed E-state index contributed by atoms with van der Waals surface area (Å²) >= 11 is 1.80. The van der Waals surface area contributed by atoms with Crippen molar-refractivity contribution in [3.8, 4) is 0 Å². The summed E-state index contributed by atoms with van der Waals surface area (Å²) in [5.74, 6) is 0. The number of hydrogen-bond donors (Lipinski definition) is 2. The summed E-state index contributed by atoms with van der Waals surface area (Å²) in [5.41, 5.74) is 0.601. The van der Waals surface area contributed by atoms with Crippen molar-refractivity contribution >= 4 is 21.8 Å². The minimum Gasteiger partial charge on any atom is -0.392 e. The summed E-state index contributed by atoms with van der Waals surface area (Å²) in [6.07, 6.45) is 7.41. The molecule has 7 heteroatoms. The quantitative estimate of drug-likeness (QED) is 0.861. The molecule has 1 aromatic rings. The van der Waals surface area contributed by atoms with E-state index in [1.54, 1.807) is 17.8 Å². The van der Waals surface area contributed by atoms with Gasteiger partial charge in [0.05, 0.1) is 6.61 Å². The number of rotatable bonds is 5. The Morgan fingerprint density at radius 1 is 1.45 bits per heavy atom. The molecule has 2 unspecified atom stereocenters. The molecule has 2 atom stereocenters. The zero-order chi connectivity index (χ0) is 14.6. The lowest BCUT2D eigenvalue weighted by molar-refractivity contribution is 0.281. The molecule has 0 saturated heterocycles. The van der Waals surface area contributed by atoms with Gasteiger partial charge < -0.3 is 5.11 Å². The molecule has 0 radical (unpaired) electrons. The van der Waals surface area contributed by atoms with Gasteiger partial charge in [0.1, 0.15) is 0 Å². The molecule has 20 heavy (non-hydrogen) atoms. The van der Waals surface area contributed by atoms with Crippen LogP contribution in [0.1, 0.15) is 31.2 Å². The first kappa shape index (κ1) is 15.8. The first-order chi connectivity index (χ1) is 9.55. The van der Waals surface area contributed by atoms with Crippen molar-refractivity contribution < 1.29 is 13.5 Å². The van der Waals surface area contributed by atoms with Gasteiger partial charge in [0.25, 0.3) is 10.0 Å². The summed E-state index contributed by atoms with van der Waals surface area (Å²) in [4.78, 5) is 3.91. The van der Waals surface area contributed by atoms with E-state index in [0.29, 0.717) is 10.8 Å². The Morgan fingerprint density at radius 2 is 2.25 bits per heavy atom. The molecule has 0 aliphatic heterocycles. The van der Waals surface area contributed by atoms with Crippen LogP contribution in [0.4, 0.5) is 0 Å². The predicted octanol–water partition coefficient (Wildman–Crippen LogP) is 1.53. The molecular formula is C13H20N2O3S2. The molecule has 1 aliphatic rings. The molecule has 1 aliphatic carbocycles. The van der Waals surface area contributed by atoms with E-state index in [-0.39, 0.29) is 17.7 Å². The molecule has 1 aromatic heterocycles. The van der Waals surface area contributed by atoms with Crippen molar-refractivity contribution in [1.29, 1.82) is 0 Å². The van der Waals surface area contributed by atoms with Crippen LogP contribution in [0, 0.1) is 0 Å². The molecular weight excluding hydrogens is 296 g/mol. The Balaban J connectivity index is 2.06. The Morgan fingerprint density at radius 3 is 2.85 bits per heavy atom. The highest BCUT2D eigenvalue weighted by atomic mass is 32.2. The summed E-state index contributed by atoms with van der Waals surface area (Å²) in [5, 5.41) is 9.48. The number of aliphatic hydroxyl groups excluding tert-OH is 1. The molecule has 1 fully saturated rings. The van der Waals surface area contributed by atoms with E-state index in [9.17, 15) is 8.42 Å². The summed E-state index contributed by atoms with van der Waals surface area (Å²) < 4.78 is 27.3. The van der Waals surface area contributed by atoms with E-state index >= 15 is 0 Å². The van der Waals surface area contributed by atoms with Gasteiger partial charge in [-0.2, -0.15) is 11.8 Å². The molecule has 0 aromatic carbocycles. The largest absolute Gasteiger partial charge is 0.392 e. The normalized spacial score (nSPS) is 23.7. The minimum atomic E-state index is -3.57. The van der Waals surface area contributed by atoms with Crippen LogP contribution in [0.3, 0.4) is 0 Å². The monoisotopic (exact) mass is 316 g/mol. The molecule has 0 bridgehead atoms. The van der Waals surface area contributed by atoms with Gasteiger partial charge in [-0.05, 0) is 37.1 Å². The Kier molecular flexibility index (Phi) is 5.42. The summed E-state index contributed by atoms with van der Waals surface area (Å²) in [6, 6.07) is 3.00. The van der Waals surface area contributed by atoms with Gasteiger partial charge in [-0.3, -0.25) is 0 Å². The SMILES string of the molecule is CSC1CCCC(NS(=O)(=O)c2ccc(CO)cn2)C1. The smallest absolute Gasteiger partial charge is 0.258 e. The zero-order valence-corrected chi connectivity index (χ0v) is 13.1. The van der Waals surface area contributed by atoms with Gasteiger partial charge >= 0.3 is 0 Å². The van der Waals surface area contributed by atoms with Crippen LogP contribution in [0.2, 0.25) is 0 Å². The first-order valence-electron chi connectivity index (χ1n) is 6.66. The van der Waals surface area contributed by atoms with E-state index in [1.165, 1.54) is 12.3 Å². The third-order valence-corrected chi connectivity index (χ3v) is 6.07. The lowest BCUT2D eigenvalue weighted by Gasteiger charge is -2.28. The molecule has 2 N–H and O–H groups in total. The van der Waals surface area contributed by atoms with Crippen LogP contribution in [-0.2, 0) is 16.6 Å². The fourth-order valence-electron chi connectivity index (χ4n) is 2.41. The minimum absolute atomic E-state index is 0.00878. The lowest BCUT2D eigenvalue weighted by atomic mass is 9.96. The maximum Gasteiger partial charge on any atom is 0.258 e. The second-order valence-corrected chi connectivity index (χ2v) is 7.80. The van der Waals surface area contributed by atoms with E-state index in [2.05, 4.69) is 16.0 Å². The van der Waals surface area contributed by atoms with Gasteiger partial charge in [0, 0.05) is 17.5 Å². The van der Waals surface area contributed by atoms with Crippen LogP contribution < -0.4 is 4.72 Å². The average molecular weight is 316 g/mol. The lowest BCUT2D eigenvalue weighted by Crippen LogP contribution is -2.39. The van der Waals surface area contributed by atoms with Gasteiger partial charge in [-0.1, -0.05) is 12.5 Å². The number of aromatic nitrogens is 1. The Hall–Kier alpha value is -0.630. The average Bonchev–Trinajstić information content (AvgIpc) is 2.47. The van der Waals surface area contributed by atoms with E-state index in [4.69, 9.17) is 5.11 Å². The van der Waals surface area contributed by atoms with Crippen molar-refractivity contribution in [3.05, 3.63) is 23.9 Å². The zero-order valence-electron chi connectivity index (χ0n) is 11.4. The second-order valence-electron chi connectivity index (χ2n) is 5.01. The number of nitrogens with one attached hydrogen (secondary N) is 1. The highest BCUT2D eigenvalue weighted by molar-refractivity contribution is 7.99. The van der Waals surface area contributed by atoms with Crippen molar-refractivity contribution in [1.82, 2.24) is 9.71 Å². The number of aliphatic hydroxyl groups is 1. The number of hydrogen-bond acceptors (Lipinski definition) is 5. The van der Waals surface area contributed by atoms with Crippen LogP contribution in [0.5, 0.6) is 0 Å². The highest BCUT2D eigenvalue weighted by Gasteiger charge is 2.26. The summed E-state index contributed by atoms with van der Waals surface area (Å²) in [6.45, 7) is -0.140. The highest BCUT2D eigenvalue weighted by Crippen LogP contribution is 2.27. The van der Waals surface area contributed by atoms with Gasteiger partial charge in [0.15, 0.2) is 5.03 Å². The van der Waals surface area contributed by atoms with Crippen LogP contribution in [0.15, 0.2) is 23.4 Å². The van der Waals surface area contributed by atoms with Gasteiger partial charge in [-0.15, -0.1) is 0 Å². The molecule has 1 saturated carbocycles. The van der Waals surface area contributed by atoms with Crippen molar-refractivity contribution in [2.75, 3.05) is 6.26 Å². The topological polar surface area (TPSA) is 79.3 Å². The summed E-state index contributed by atoms with van der Waals surface area (Å²) in [7, 11) is -3.57. The number of sulfonamides is 1.